The van der Waals surface area contributed by atoms with Crippen LogP contribution in [0.5, 0.6) is 0 Å². The molecule has 1 unspecified atom stereocenters. The molecule has 8 heteroatoms. The average Bonchev–Trinajstić information content (AvgIpc) is 3.44. The SMILES string of the molecule is O=C(c1ccco1)N1CCN(C(=O)C2CCCN(c3ccc(-c4ccccc4)nn3)C2)CC1. The second-order valence-corrected chi connectivity index (χ2v) is 8.52. The third kappa shape index (κ3) is 4.60. The predicted octanol–water partition coefficient (Wildman–Crippen LogP) is 2.94. The van der Waals surface area contributed by atoms with E-state index in [1.807, 2.05) is 47.4 Å². The fourth-order valence-electron chi connectivity index (χ4n) is 4.59. The number of aromatic nitrogens is 2. The molecule has 1 atom stereocenters. The smallest absolute Gasteiger partial charge is 0.289 e. The van der Waals surface area contributed by atoms with Crippen LogP contribution in [0.25, 0.3) is 11.3 Å². The van der Waals surface area contributed by atoms with E-state index in [1.165, 1.54) is 6.26 Å². The van der Waals surface area contributed by atoms with E-state index in [0.29, 0.717) is 38.5 Å². The molecule has 0 bridgehead atoms. The summed E-state index contributed by atoms with van der Waals surface area (Å²) in [6, 6.07) is 17.3. The molecule has 2 aromatic heterocycles. The van der Waals surface area contributed by atoms with E-state index in [4.69, 9.17) is 4.42 Å². The van der Waals surface area contributed by atoms with E-state index in [2.05, 4.69) is 15.1 Å². The van der Waals surface area contributed by atoms with Gasteiger partial charge in [-0.3, -0.25) is 9.59 Å². The van der Waals surface area contributed by atoms with Crippen molar-refractivity contribution >= 4 is 17.6 Å². The maximum atomic E-state index is 13.2. The lowest BCUT2D eigenvalue weighted by molar-refractivity contribution is -0.137. The van der Waals surface area contributed by atoms with Gasteiger partial charge in [-0.2, -0.15) is 0 Å². The summed E-state index contributed by atoms with van der Waals surface area (Å²) >= 11 is 0. The number of hydrogen-bond donors (Lipinski definition) is 0. The van der Waals surface area contributed by atoms with E-state index < -0.39 is 0 Å². The first-order valence-electron chi connectivity index (χ1n) is 11.4. The number of anilines is 1. The molecule has 2 fully saturated rings. The predicted molar refractivity (Wildman–Crippen MR) is 124 cm³/mol. The molecule has 8 nitrogen and oxygen atoms in total. The van der Waals surface area contributed by atoms with Crippen LogP contribution in [0.15, 0.2) is 65.3 Å². The fourth-order valence-corrected chi connectivity index (χ4v) is 4.59. The van der Waals surface area contributed by atoms with Crippen LogP contribution in [0.2, 0.25) is 0 Å². The second kappa shape index (κ2) is 9.44. The van der Waals surface area contributed by atoms with Gasteiger partial charge in [-0.15, -0.1) is 10.2 Å². The van der Waals surface area contributed by atoms with Gasteiger partial charge >= 0.3 is 0 Å². The third-order valence-corrected chi connectivity index (χ3v) is 6.43. The van der Waals surface area contributed by atoms with Crippen molar-refractivity contribution in [2.75, 3.05) is 44.2 Å². The Hall–Kier alpha value is -3.68. The molecule has 0 aliphatic carbocycles. The Morgan fingerprint density at radius 3 is 2.33 bits per heavy atom. The molecule has 4 heterocycles. The molecule has 0 spiro atoms. The van der Waals surface area contributed by atoms with Crippen molar-refractivity contribution in [1.82, 2.24) is 20.0 Å². The Morgan fingerprint density at radius 1 is 0.848 bits per heavy atom. The Balaban J connectivity index is 1.18. The van der Waals surface area contributed by atoms with Gasteiger partial charge in [0.2, 0.25) is 5.91 Å². The minimum atomic E-state index is -0.117. The Morgan fingerprint density at radius 2 is 1.64 bits per heavy atom. The van der Waals surface area contributed by atoms with Crippen LogP contribution in [-0.2, 0) is 4.79 Å². The molecule has 2 saturated heterocycles. The van der Waals surface area contributed by atoms with Gasteiger partial charge in [0, 0.05) is 44.8 Å². The highest BCUT2D eigenvalue weighted by Crippen LogP contribution is 2.25. The van der Waals surface area contributed by atoms with E-state index in [1.54, 1.807) is 17.0 Å². The van der Waals surface area contributed by atoms with Crippen molar-refractivity contribution in [1.29, 1.82) is 0 Å². The first-order chi connectivity index (χ1) is 16.2. The minimum Gasteiger partial charge on any atom is -0.459 e. The minimum absolute atomic E-state index is 0.0679. The van der Waals surface area contributed by atoms with E-state index in [-0.39, 0.29) is 17.7 Å². The van der Waals surface area contributed by atoms with Crippen molar-refractivity contribution in [3.8, 4) is 11.3 Å². The molecular formula is C25H27N5O3. The number of hydrogen-bond acceptors (Lipinski definition) is 6. The van der Waals surface area contributed by atoms with Crippen molar-refractivity contribution in [3.63, 3.8) is 0 Å². The highest BCUT2D eigenvalue weighted by Gasteiger charge is 2.33. The molecule has 3 aromatic rings. The number of carbonyl (C=O) groups excluding carboxylic acids is 2. The van der Waals surface area contributed by atoms with Gasteiger partial charge in [-0.25, -0.2) is 0 Å². The van der Waals surface area contributed by atoms with Gasteiger partial charge in [0.25, 0.3) is 5.91 Å². The zero-order chi connectivity index (χ0) is 22.6. The first-order valence-corrected chi connectivity index (χ1v) is 11.4. The second-order valence-electron chi connectivity index (χ2n) is 8.52. The molecule has 0 N–H and O–H groups in total. The first kappa shape index (κ1) is 21.2. The summed E-state index contributed by atoms with van der Waals surface area (Å²) in [6.07, 6.45) is 3.31. The number of piperidine rings is 1. The largest absolute Gasteiger partial charge is 0.459 e. The molecule has 5 rings (SSSR count). The van der Waals surface area contributed by atoms with Crippen LogP contribution in [0, 0.1) is 5.92 Å². The number of amides is 2. The van der Waals surface area contributed by atoms with Gasteiger partial charge in [0.1, 0.15) is 0 Å². The van der Waals surface area contributed by atoms with Gasteiger partial charge in [0.05, 0.1) is 17.9 Å². The van der Waals surface area contributed by atoms with E-state index in [0.717, 1.165) is 36.5 Å². The van der Waals surface area contributed by atoms with Crippen LogP contribution in [-0.4, -0.2) is 71.1 Å². The monoisotopic (exact) mass is 445 g/mol. The van der Waals surface area contributed by atoms with Crippen LogP contribution in [0.4, 0.5) is 5.82 Å². The zero-order valence-electron chi connectivity index (χ0n) is 18.5. The average molecular weight is 446 g/mol. The maximum Gasteiger partial charge on any atom is 0.289 e. The highest BCUT2D eigenvalue weighted by molar-refractivity contribution is 5.91. The quantitative estimate of drug-likeness (QED) is 0.614. The number of benzene rings is 1. The third-order valence-electron chi connectivity index (χ3n) is 6.43. The number of carbonyl (C=O) groups is 2. The van der Waals surface area contributed by atoms with Gasteiger partial charge in [-0.05, 0) is 37.1 Å². The van der Waals surface area contributed by atoms with Gasteiger partial charge in [-0.1, -0.05) is 30.3 Å². The van der Waals surface area contributed by atoms with E-state index in [9.17, 15) is 9.59 Å². The van der Waals surface area contributed by atoms with Crippen LogP contribution in [0.3, 0.4) is 0 Å². The fraction of sp³-hybridized carbons (Fsp3) is 0.360. The topological polar surface area (TPSA) is 82.8 Å². The molecule has 0 radical (unpaired) electrons. The number of rotatable bonds is 4. The number of furan rings is 1. The zero-order valence-corrected chi connectivity index (χ0v) is 18.5. The van der Waals surface area contributed by atoms with E-state index >= 15 is 0 Å². The van der Waals surface area contributed by atoms with Crippen LogP contribution >= 0.6 is 0 Å². The van der Waals surface area contributed by atoms with Crippen molar-refractivity contribution in [2.24, 2.45) is 5.92 Å². The molecule has 2 aliphatic rings. The van der Waals surface area contributed by atoms with Crippen LogP contribution in [0.1, 0.15) is 23.4 Å². The Kier molecular flexibility index (Phi) is 6.06. The molecule has 170 valence electrons. The highest BCUT2D eigenvalue weighted by atomic mass is 16.3. The summed E-state index contributed by atoms with van der Waals surface area (Å²) in [5.74, 6) is 1.13. The molecule has 2 amide bonds. The standard InChI is InChI=1S/C25H27N5O3/c31-24(28-13-15-29(16-14-28)25(32)22-9-5-17-33-22)20-8-4-12-30(18-20)23-11-10-21(26-27-23)19-6-2-1-3-7-19/h1-3,5-7,9-11,17,20H,4,8,12-16,18H2. The summed E-state index contributed by atoms with van der Waals surface area (Å²) in [7, 11) is 0. The van der Waals surface area contributed by atoms with Gasteiger partial charge in [0.15, 0.2) is 11.6 Å². The number of nitrogens with zero attached hydrogens (tertiary/aromatic N) is 5. The van der Waals surface area contributed by atoms with Gasteiger partial charge < -0.3 is 19.1 Å². The van der Waals surface area contributed by atoms with Crippen molar-refractivity contribution < 1.29 is 14.0 Å². The number of piperazine rings is 1. The Bertz CT molecular complexity index is 1080. The summed E-state index contributed by atoms with van der Waals surface area (Å²) < 4.78 is 5.22. The maximum absolute atomic E-state index is 13.2. The summed E-state index contributed by atoms with van der Waals surface area (Å²) in [4.78, 5) is 31.5. The lowest BCUT2D eigenvalue weighted by atomic mass is 9.96. The summed E-state index contributed by atoms with van der Waals surface area (Å²) in [5, 5.41) is 8.83. The molecule has 2 aliphatic heterocycles. The lowest BCUT2D eigenvalue weighted by Crippen LogP contribution is -2.53. The molecular weight excluding hydrogens is 418 g/mol. The van der Waals surface area contributed by atoms with Crippen molar-refractivity contribution in [2.45, 2.75) is 12.8 Å². The molecule has 0 saturated carbocycles. The summed E-state index contributed by atoms with van der Waals surface area (Å²) in [6.45, 7) is 3.65. The van der Waals surface area contributed by atoms with Crippen molar-refractivity contribution in [3.05, 3.63) is 66.6 Å². The lowest BCUT2D eigenvalue weighted by Gasteiger charge is -2.39. The van der Waals surface area contributed by atoms with Crippen LogP contribution < -0.4 is 4.90 Å². The molecule has 33 heavy (non-hydrogen) atoms. The normalized spacial score (nSPS) is 18.9. The Labute approximate surface area is 192 Å². The molecule has 1 aromatic carbocycles. The summed E-state index contributed by atoms with van der Waals surface area (Å²) in [5.41, 5.74) is 1.87.